The molecule has 2 aromatic carbocycles. The predicted molar refractivity (Wildman–Crippen MR) is 117 cm³/mol. The average molecular weight is 398 g/mol. The molecule has 0 unspecified atom stereocenters. The van der Waals surface area contributed by atoms with E-state index >= 15 is 0 Å². The highest BCUT2D eigenvalue weighted by molar-refractivity contribution is 7.99. The standard InChI is InChI=1S/C23H27NO3S/c1-17(14-15-28-16-22(23(26)27)24-18(2)25)8-9-19-10-12-21(13-11-19)20-6-4-3-5-7-20/h3-7,10-14,22H,8-9,15-16H2,1-2H3,(H,24,25)(H,26,27)/b17-14+/t22-/m0/s1. The lowest BCUT2D eigenvalue weighted by Gasteiger charge is -2.12. The second kappa shape index (κ2) is 11.3. The first kappa shape index (κ1) is 21.8. The van der Waals surface area contributed by atoms with Crippen LogP contribution in [0.15, 0.2) is 66.2 Å². The van der Waals surface area contributed by atoms with Crippen LogP contribution in [0.5, 0.6) is 0 Å². The van der Waals surface area contributed by atoms with E-state index in [2.05, 4.69) is 54.7 Å². The van der Waals surface area contributed by atoms with Crippen molar-refractivity contribution >= 4 is 23.6 Å². The van der Waals surface area contributed by atoms with Crippen molar-refractivity contribution in [3.05, 3.63) is 71.8 Å². The van der Waals surface area contributed by atoms with Gasteiger partial charge >= 0.3 is 5.97 Å². The fourth-order valence-corrected chi connectivity index (χ4v) is 3.75. The molecule has 0 heterocycles. The lowest BCUT2D eigenvalue weighted by molar-refractivity contribution is -0.140. The number of carbonyl (C=O) groups is 2. The fourth-order valence-electron chi connectivity index (χ4n) is 2.75. The Hall–Kier alpha value is -2.53. The van der Waals surface area contributed by atoms with Gasteiger partial charge in [0.25, 0.3) is 0 Å². The van der Waals surface area contributed by atoms with Gasteiger partial charge in [-0.1, -0.05) is 66.2 Å². The van der Waals surface area contributed by atoms with Crippen molar-refractivity contribution in [2.75, 3.05) is 11.5 Å². The molecule has 1 amide bonds. The number of hydrogen-bond donors (Lipinski definition) is 2. The van der Waals surface area contributed by atoms with Crippen molar-refractivity contribution in [1.82, 2.24) is 5.32 Å². The molecule has 2 N–H and O–H groups in total. The van der Waals surface area contributed by atoms with E-state index < -0.39 is 12.0 Å². The molecule has 0 aliphatic carbocycles. The first-order valence-electron chi connectivity index (χ1n) is 9.33. The molecule has 0 aliphatic heterocycles. The molecule has 0 bridgehead atoms. The van der Waals surface area contributed by atoms with Gasteiger partial charge in [0.1, 0.15) is 6.04 Å². The highest BCUT2D eigenvalue weighted by Crippen LogP contribution is 2.20. The van der Waals surface area contributed by atoms with Gasteiger partial charge in [0, 0.05) is 18.4 Å². The van der Waals surface area contributed by atoms with Crippen molar-refractivity contribution in [3.8, 4) is 11.1 Å². The van der Waals surface area contributed by atoms with Crippen LogP contribution in [0, 0.1) is 0 Å². The number of rotatable bonds is 10. The number of benzene rings is 2. The van der Waals surface area contributed by atoms with E-state index in [1.165, 1.54) is 40.9 Å². The summed E-state index contributed by atoms with van der Waals surface area (Å²) in [5, 5.41) is 11.5. The van der Waals surface area contributed by atoms with E-state index in [9.17, 15) is 9.59 Å². The average Bonchev–Trinajstić information content (AvgIpc) is 2.69. The zero-order valence-electron chi connectivity index (χ0n) is 16.4. The van der Waals surface area contributed by atoms with Gasteiger partial charge in [-0.25, -0.2) is 4.79 Å². The Morgan fingerprint density at radius 2 is 1.68 bits per heavy atom. The summed E-state index contributed by atoms with van der Waals surface area (Å²) in [4.78, 5) is 22.1. The Labute approximate surface area is 171 Å². The molecule has 1 atom stereocenters. The zero-order chi connectivity index (χ0) is 20.4. The van der Waals surface area contributed by atoms with Crippen molar-refractivity contribution in [3.63, 3.8) is 0 Å². The summed E-state index contributed by atoms with van der Waals surface area (Å²) in [5.41, 5.74) is 5.03. The van der Waals surface area contributed by atoms with Gasteiger partial charge in [0.05, 0.1) is 0 Å². The predicted octanol–water partition coefficient (Wildman–Crippen LogP) is 4.56. The normalized spacial score (nSPS) is 12.4. The van der Waals surface area contributed by atoms with Crippen molar-refractivity contribution in [2.24, 2.45) is 0 Å². The van der Waals surface area contributed by atoms with E-state index in [-0.39, 0.29) is 5.91 Å². The molecule has 0 saturated heterocycles. The van der Waals surface area contributed by atoms with Crippen molar-refractivity contribution in [1.29, 1.82) is 0 Å². The molecule has 2 rings (SSSR count). The van der Waals surface area contributed by atoms with Crippen LogP contribution < -0.4 is 5.32 Å². The highest BCUT2D eigenvalue weighted by atomic mass is 32.2. The van der Waals surface area contributed by atoms with E-state index in [0.717, 1.165) is 18.6 Å². The van der Waals surface area contributed by atoms with Gasteiger partial charge in [-0.15, -0.1) is 0 Å². The molecule has 4 nitrogen and oxygen atoms in total. The van der Waals surface area contributed by atoms with Gasteiger partial charge in [0.15, 0.2) is 0 Å². The SMILES string of the molecule is CC(=O)N[C@@H](CSC/C=C(\C)CCc1ccc(-c2ccccc2)cc1)C(=O)O. The Morgan fingerprint density at radius 3 is 2.29 bits per heavy atom. The maximum atomic E-state index is 11.1. The smallest absolute Gasteiger partial charge is 0.327 e. The Balaban J connectivity index is 1.76. The monoisotopic (exact) mass is 397 g/mol. The largest absolute Gasteiger partial charge is 0.480 e. The van der Waals surface area contributed by atoms with Gasteiger partial charge in [0.2, 0.25) is 5.91 Å². The number of nitrogens with one attached hydrogen (secondary N) is 1. The fraction of sp³-hybridized carbons (Fsp3) is 0.304. The molecule has 0 aromatic heterocycles. The number of thioether (sulfide) groups is 1. The van der Waals surface area contributed by atoms with Crippen molar-refractivity contribution in [2.45, 2.75) is 32.7 Å². The zero-order valence-corrected chi connectivity index (χ0v) is 17.2. The summed E-state index contributed by atoms with van der Waals surface area (Å²) in [6.07, 6.45) is 4.08. The highest BCUT2D eigenvalue weighted by Gasteiger charge is 2.17. The minimum absolute atomic E-state index is 0.321. The summed E-state index contributed by atoms with van der Waals surface area (Å²) < 4.78 is 0. The molecule has 0 fully saturated rings. The molecule has 2 aromatic rings. The molecule has 28 heavy (non-hydrogen) atoms. The topological polar surface area (TPSA) is 66.4 Å². The van der Waals surface area contributed by atoms with Gasteiger partial charge in [-0.05, 0) is 36.5 Å². The van der Waals surface area contributed by atoms with Gasteiger partial charge < -0.3 is 10.4 Å². The third-order valence-corrected chi connectivity index (χ3v) is 5.35. The van der Waals surface area contributed by atoms with Crippen LogP contribution >= 0.6 is 11.8 Å². The number of aryl methyl sites for hydroxylation is 1. The summed E-state index contributed by atoms with van der Waals surface area (Å²) in [6.45, 7) is 3.43. The maximum absolute atomic E-state index is 11.1. The van der Waals surface area contributed by atoms with Crippen LogP contribution in [0.25, 0.3) is 11.1 Å². The second-order valence-corrected chi connectivity index (χ2v) is 7.82. The van der Waals surface area contributed by atoms with Crippen LogP contribution in [0.3, 0.4) is 0 Å². The van der Waals surface area contributed by atoms with E-state index in [1.54, 1.807) is 0 Å². The van der Waals surface area contributed by atoms with Gasteiger partial charge in [-0.2, -0.15) is 11.8 Å². The number of hydrogen-bond acceptors (Lipinski definition) is 3. The summed E-state index contributed by atoms with van der Waals surface area (Å²) in [6, 6.07) is 18.2. The molecular weight excluding hydrogens is 370 g/mol. The van der Waals surface area contributed by atoms with Crippen molar-refractivity contribution < 1.29 is 14.7 Å². The van der Waals surface area contributed by atoms with E-state index in [1.807, 2.05) is 18.2 Å². The Morgan fingerprint density at radius 1 is 1.04 bits per heavy atom. The maximum Gasteiger partial charge on any atom is 0.327 e. The molecule has 0 spiro atoms. The summed E-state index contributed by atoms with van der Waals surface area (Å²) in [7, 11) is 0. The van der Waals surface area contributed by atoms with E-state index in [4.69, 9.17) is 5.11 Å². The lowest BCUT2D eigenvalue weighted by atomic mass is 10.0. The number of amides is 1. The summed E-state index contributed by atoms with van der Waals surface area (Å²) in [5.74, 6) is -0.220. The summed E-state index contributed by atoms with van der Waals surface area (Å²) >= 11 is 1.51. The number of allylic oxidation sites excluding steroid dienone is 1. The van der Waals surface area contributed by atoms with Crippen LogP contribution in [0.2, 0.25) is 0 Å². The number of carboxylic acid groups (broad SMARTS) is 1. The molecule has 0 aliphatic rings. The third-order valence-electron chi connectivity index (χ3n) is 4.38. The molecule has 148 valence electrons. The first-order valence-corrected chi connectivity index (χ1v) is 10.5. The number of aliphatic carboxylic acids is 1. The van der Waals surface area contributed by atoms with E-state index in [0.29, 0.717) is 5.75 Å². The second-order valence-electron chi connectivity index (χ2n) is 6.74. The Bertz CT molecular complexity index is 800. The minimum atomic E-state index is -0.998. The molecule has 5 heteroatoms. The number of carboxylic acids is 1. The quantitative estimate of drug-likeness (QED) is 0.456. The molecule has 0 radical (unpaired) electrons. The molecule has 0 saturated carbocycles. The van der Waals surface area contributed by atoms with Crippen LogP contribution in [0.1, 0.15) is 25.8 Å². The van der Waals surface area contributed by atoms with Crippen LogP contribution in [0.4, 0.5) is 0 Å². The lowest BCUT2D eigenvalue weighted by Crippen LogP contribution is -2.41. The minimum Gasteiger partial charge on any atom is -0.480 e. The van der Waals surface area contributed by atoms with Gasteiger partial charge in [-0.3, -0.25) is 4.79 Å². The number of carbonyl (C=O) groups excluding carboxylic acids is 1. The van der Waals surface area contributed by atoms with Crippen LogP contribution in [-0.2, 0) is 16.0 Å². The molecular formula is C23H27NO3S. The third kappa shape index (κ3) is 7.61. The van der Waals surface area contributed by atoms with Crippen LogP contribution in [-0.4, -0.2) is 34.5 Å². The first-order chi connectivity index (χ1) is 13.5. The Kier molecular flexibility index (Phi) is 8.82.